The summed E-state index contributed by atoms with van der Waals surface area (Å²) in [4.78, 5) is 0. The lowest BCUT2D eigenvalue weighted by Gasteiger charge is -2.12. The van der Waals surface area contributed by atoms with Gasteiger partial charge >= 0.3 is 0 Å². The van der Waals surface area contributed by atoms with Crippen molar-refractivity contribution in [2.75, 3.05) is 7.11 Å². The Hall–Kier alpha value is -1.49. The fourth-order valence-electron chi connectivity index (χ4n) is 1.73. The second kappa shape index (κ2) is 4.15. The van der Waals surface area contributed by atoms with Crippen LogP contribution in [0.4, 0.5) is 0 Å². The third-order valence-corrected chi connectivity index (χ3v) is 2.53. The van der Waals surface area contributed by atoms with Crippen LogP contribution in [0, 0.1) is 25.2 Å². The summed E-state index contributed by atoms with van der Waals surface area (Å²) in [6.45, 7) is 6.03. The Balaban J connectivity index is 3.50. The van der Waals surface area contributed by atoms with E-state index in [9.17, 15) is 0 Å². The van der Waals surface area contributed by atoms with Gasteiger partial charge in [0.15, 0.2) is 0 Å². The van der Waals surface area contributed by atoms with E-state index < -0.39 is 0 Å². The van der Waals surface area contributed by atoms with Gasteiger partial charge in [0, 0.05) is 0 Å². The van der Waals surface area contributed by atoms with Crippen molar-refractivity contribution in [2.24, 2.45) is 0 Å². The van der Waals surface area contributed by atoms with Gasteiger partial charge in [-0.3, -0.25) is 0 Å². The van der Waals surface area contributed by atoms with Gasteiger partial charge < -0.3 is 4.74 Å². The van der Waals surface area contributed by atoms with Crippen molar-refractivity contribution in [3.8, 4) is 11.8 Å². The molecule has 74 valence electrons. The Morgan fingerprint density at radius 1 is 1.43 bits per heavy atom. The molecular weight excluding hydrogens is 174 g/mol. The molecule has 0 spiro atoms. The summed E-state index contributed by atoms with van der Waals surface area (Å²) in [6, 6.07) is 4.30. The van der Waals surface area contributed by atoms with Crippen molar-refractivity contribution in [3.05, 3.63) is 28.3 Å². The first-order chi connectivity index (χ1) is 6.65. The van der Waals surface area contributed by atoms with Crippen LogP contribution in [0.1, 0.15) is 29.2 Å². The Morgan fingerprint density at radius 2 is 2.07 bits per heavy atom. The van der Waals surface area contributed by atoms with E-state index in [-0.39, 0.29) is 0 Å². The molecule has 0 aliphatic rings. The predicted molar refractivity (Wildman–Crippen MR) is 56.6 cm³/mol. The lowest BCUT2D eigenvalue weighted by molar-refractivity contribution is 0.410. The Morgan fingerprint density at radius 3 is 2.50 bits per heavy atom. The molecule has 0 unspecified atom stereocenters. The van der Waals surface area contributed by atoms with E-state index in [0.29, 0.717) is 11.3 Å². The van der Waals surface area contributed by atoms with Crippen molar-refractivity contribution in [1.29, 1.82) is 5.26 Å². The molecule has 0 heterocycles. The molecule has 2 nitrogen and oxygen atoms in total. The maximum Gasteiger partial charge on any atom is 0.139 e. The van der Waals surface area contributed by atoms with Crippen LogP contribution in [-0.2, 0) is 6.42 Å². The zero-order valence-electron chi connectivity index (χ0n) is 9.14. The van der Waals surface area contributed by atoms with Gasteiger partial charge in [0.2, 0.25) is 0 Å². The van der Waals surface area contributed by atoms with Crippen molar-refractivity contribution >= 4 is 0 Å². The van der Waals surface area contributed by atoms with Gasteiger partial charge in [0.1, 0.15) is 11.8 Å². The fourth-order valence-corrected chi connectivity index (χ4v) is 1.73. The highest BCUT2D eigenvalue weighted by Gasteiger charge is 2.12. The zero-order chi connectivity index (χ0) is 10.7. The molecule has 0 fully saturated rings. The van der Waals surface area contributed by atoms with Crippen LogP contribution in [0.5, 0.6) is 5.75 Å². The number of benzene rings is 1. The molecular formula is C12H15NO. The minimum absolute atomic E-state index is 0.671. The van der Waals surface area contributed by atoms with Crippen LogP contribution < -0.4 is 4.74 Å². The van der Waals surface area contributed by atoms with Gasteiger partial charge in [-0.05, 0) is 37.0 Å². The summed E-state index contributed by atoms with van der Waals surface area (Å²) in [5.74, 6) is 0.710. The Labute approximate surface area is 85.1 Å². The van der Waals surface area contributed by atoms with Gasteiger partial charge in [-0.1, -0.05) is 13.0 Å². The average Bonchev–Trinajstić information content (AvgIpc) is 2.20. The molecule has 0 saturated heterocycles. The minimum atomic E-state index is 0.671. The largest absolute Gasteiger partial charge is 0.495 e. The average molecular weight is 189 g/mol. The van der Waals surface area contributed by atoms with Crippen molar-refractivity contribution < 1.29 is 4.74 Å². The SMILES string of the molecule is CCc1cc(C)c(OC)c(C#N)c1C. The lowest BCUT2D eigenvalue weighted by Crippen LogP contribution is -1.98. The first kappa shape index (κ1) is 10.6. The molecule has 0 bridgehead atoms. The Bertz CT molecular complexity index is 388. The third-order valence-electron chi connectivity index (χ3n) is 2.53. The lowest BCUT2D eigenvalue weighted by atomic mass is 9.97. The van der Waals surface area contributed by atoms with E-state index in [0.717, 1.165) is 17.5 Å². The van der Waals surface area contributed by atoms with Crippen molar-refractivity contribution in [2.45, 2.75) is 27.2 Å². The number of hydrogen-bond acceptors (Lipinski definition) is 2. The molecule has 1 aromatic rings. The standard InChI is InChI=1S/C12H15NO/c1-5-10-6-8(2)12(14-4)11(7-13)9(10)3/h6H,5H2,1-4H3. The normalized spacial score (nSPS) is 9.64. The van der Waals surface area contributed by atoms with Crippen LogP contribution in [0.15, 0.2) is 6.07 Å². The quantitative estimate of drug-likeness (QED) is 0.716. The van der Waals surface area contributed by atoms with Crippen molar-refractivity contribution in [3.63, 3.8) is 0 Å². The van der Waals surface area contributed by atoms with Gasteiger partial charge in [-0.2, -0.15) is 5.26 Å². The number of rotatable bonds is 2. The smallest absolute Gasteiger partial charge is 0.139 e. The van der Waals surface area contributed by atoms with Gasteiger partial charge in [0.25, 0.3) is 0 Å². The molecule has 1 aromatic carbocycles. The molecule has 0 atom stereocenters. The van der Waals surface area contributed by atoms with E-state index in [2.05, 4.69) is 19.1 Å². The van der Waals surface area contributed by atoms with Gasteiger partial charge in [-0.15, -0.1) is 0 Å². The highest BCUT2D eigenvalue weighted by Crippen LogP contribution is 2.28. The van der Waals surface area contributed by atoms with E-state index in [1.807, 2.05) is 13.8 Å². The minimum Gasteiger partial charge on any atom is -0.495 e. The topological polar surface area (TPSA) is 33.0 Å². The van der Waals surface area contributed by atoms with Crippen LogP contribution in [0.25, 0.3) is 0 Å². The molecule has 0 radical (unpaired) electrons. The number of ether oxygens (including phenoxy) is 1. The number of hydrogen-bond donors (Lipinski definition) is 0. The highest BCUT2D eigenvalue weighted by atomic mass is 16.5. The van der Waals surface area contributed by atoms with E-state index >= 15 is 0 Å². The monoisotopic (exact) mass is 189 g/mol. The van der Waals surface area contributed by atoms with E-state index in [4.69, 9.17) is 10.00 Å². The van der Waals surface area contributed by atoms with E-state index in [1.54, 1.807) is 7.11 Å². The molecule has 0 aromatic heterocycles. The zero-order valence-corrected chi connectivity index (χ0v) is 9.14. The summed E-state index contributed by atoms with van der Waals surface area (Å²) in [7, 11) is 1.61. The van der Waals surface area contributed by atoms with Crippen LogP contribution >= 0.6 is 0 Å². The molecule has 0 aliphatic heterocycles. The summed E-state index contributed by atoms with van der Waals surface area (Å²) in [5, 5.41) is 9.04. The van der Waals surface area contributed by atoms with E-state index in [1.165, 1.54) is 5.56 Å². The van der Waals surface area contributed by atoms with Gasteiger partial charge in [0.05, 0.1) is 12.7 Å². The summed E-state index contributed by atoms with van der Waals surface area (Å²) in [6.07, 6.45) is 0.950. The second-order valence-electron chi connectivity index (χ2n) is 3.35. The number of methoxy groups -OCH3 is 1. The molecule has 14 heavy (non-hydrogen) atoms. The first-order valence-electron chi connectivity index (χ1n) is 4.72. The third kappa shape index (κ3) is 1.58. The summed E-state index contributed by atoms with van der Waals surface area (Å²) in [5.41, 5.74) is 3.97. The molecule has 0 aliphatic carbocycles. The molecule has 0 N–H and O–H groups in total. The second-order valence-corrected chi connectivity index (χ2v) is 3.35. The number of nitriles is 1. The summed E-state index contributed by atoms with van der Waals surface area (Å²) >= 11 is 0. The van der Waals surface area contributed by atoms with Crippen LogP contribution in [-0.4, -0.2) is 7.11 Å². The molecule has 0 amide bonds. The molecule has 2 heteroatoms. The summed E-state index contributed by atoms with van der Waals surface area (Å²) < 4.78 is 5.22. The Kier molecular flexibility index (Phi) is 3.14. The number of aryl methyl sites for hydroxylation is 2. The van der Waals surface area contributed by atoms with Crippen molar-refractivity contribution in [1.82, 2.24) is 0 Å². The fraction of sp³-hybridized carbons (Fsp3) is 0.417. The van der Waals surface area contributed by atoms with Crippen LogP contribution in [0.3, 0.4) is 0 Å². The molecule has 1 rings (SSSR count). The molecule has 0 saturated carbocycles. The number of nitrogens with zero attached hydrogens (tertiary/aromatic N) is 1. The van der Waals surface area contributed by atoms with Gasteiger partial charge in [-0.25, -0.2) is 0 Å². The maximum absolute atomic E-state index is 9.04. The van der Waals surface area contributed by atoms with Crippen LogP contribution in [0.2, 0.25) is 0 Å². The first-order valence-corrected chi connectivity index (χ1v) is 4.72. The maximum atomic E-state index is 9.04. The highest BCUT2D eigenvalue weighted by molar-refractivity contribution is 5.55. The predicted octanol–water partition coefficient (Wildman–Crippen LogP) is 2.75.